The summed E-state index contributed by atoms with van der Waals surface area (Å²) in [5.41, 5.74) is 1.35. The van der Waals surface area contributed by atoms with Gasteiger partial charge in [-0.1, -0.05) is 30.0 Å². The average Bonchev–Trinajstić information content (AvgIpc) is 3.02. The number of nitrogens with zero attached hydrogens (tertiary/aromatic N) is 3. The maximum atomic E-state index is 13.0. The van der Waals surface area contributed by atoms with Crippen LogP contribution < -0.4 is 15.1 Å². The van der Waals surface area contributed by atoms with Gasteiger partial charge in [0.1, 0.15) is 0 Å². The van der Waals surface area contributed by atoms with Gasteiger partial charge in [0.2, 0.25) is 11.1 Å². The first kappa shape index (κ1) is 20.4. The summed E-state index contributed by atoms with van der Waals surface area (Å²) in [5.74, 6) is 0.893. The number of carbonyl (C=O) groups excluding carboxylic acids is 1. The van der Waals surface area contributed by atoms with Crippen LogP contribution in [0.15, 0.2) is 61.8 Å². The van der Waals surface area contributed by atoms with Crippen LogP contribution in [0.1, 0.15) is 18.8 Å². The second-order valence-corrected chi connectivity index (χ2v) is 9.05. The van der Waals surface area contributed by atoms with E-state index in [0.29, 0.717) is 37.4 Å². The number of benzene rings is 1. The molecular formula is C19H15BrIN4O3S+. The summed E-state index contributed by atoms with van der Waals surface area (Å²) in [4.78, 5) is 30.2. The molecule has 4 rings (SSSR count). The Labute approximate surface area is 192 Å². The molecule has 0 spiro atoms. The summed E-state index contributed by atoms with van der Waals surface area (Å²) in [7, 11) is 0. The molecule has 1 aliphatic heterocycles. The Balaban J connectivity index is 2.04. The standard InChI is InChI=1S/C19H14BrIN4O3S/c1-3-8-29-19-22-17(27)15-11-6-4-5-7-13(11)24(10(2)26)18(25(15)23-19)14-9-12(20)16(21)28-14/h3-7,9,18H,1,8H2,2H3/p+1. The first-order valence-electron chi connectivity index (χ1n) is 8.56. The van der Waals surface area contributed by atoms with E-state index in [-0.39, 0.29) is 11.5 Å². The van der Waals surface area contributed by atoms with Gasteiger partial charge in [0.25, 0.3) is 0 Å². The highest BCUT2D eigenvalue weighted by atomic mass is 127. The monoisotopic (exact) mass is 585 g/mol. The lowest BCUT2D eigenvalue weighted by atomic mass is 10.0. The number of hydrogen-bond donors (Lipinski definition) is 1. The molecule has 1 aromatic carbocycles. The fourth-order valence-corrected chi connectivity index (χ4v) is 4.57. The number of thioether (sulfide) groups is 1. The number of aromatic amines is 1. The maximum Gasteiger partial charge on any atom is 0.325 e. The van der Waals surface area contributed by atoms with Gasteiger partial charge in [-0.15, -0.1) is 6.58 Å². The molecule has 0 fully saturated rings. The summed E-state index contributed by atoms with van der Waals surface area (Å²) in [6.45, 7) is 5.19. The molecule has 1 unspecified atom stereocenters. The SMILES string of the molecule is C=CCSc1n[n+]2c(c(=O)[nH]1)-c1ccccc1N(C(C)=O)C2c1cc(Br)c(I)o1. The van der Waals surface area contributed by atoms with Crippen LogP contribution in [-0.2, 0) is 4.79 Å². The van der Waals surface area contributed by atoms with Gasteiger partial charge in [-0.3, -0.25) is 14.6 Å². The third-order valence-electron chi connectivity index (χ3n) is 4.35. The van der Waals surface area contributed by atoms with Gasteiger partial charge in [-0.2, -0.15) is 0 Å². The molecule has 3 heterocycles. The molecule has 1 aliphatic rings. The van der Waals surface area contributed by atoms with Gasteiger partial charge in [-0.05, 0) is 32.7 Å². The number of amides is 1. The summed E-state index contributed by atoms with van der Waals surface area (Å²) >= 11 is 6.88. The molecular weight excluding hydrogens is 571 g/mol. The molecule has 1 N–H and O–H groups in total. The number of anilines is 1. The van der Waals surface area contributed by atoms with Gasteiger partial charge >= 0.3 is 17.4 Å². The number of aromatic nitrogens is 3. The van der Waals surface area contributed by atoms with E-state index in [1.807, 2.05) is 24.3 Å². The van der Waals surface area contributed by atoms with Crippen LogP contribution in [0.3, 0.4) is 0 Å². The molecule has 3 aromatic rings. The number of rotatable bonds is 4. The van der Waals surface area contributed by atoms with Gasteiger partial charge in [0.15, 0.2) is 9.53 Å². The minimum absolute atomic E-state index is 0.189. The van der Waals surface area contributed by atoms with Crippen molar-refractivity contribution in [2.24, 2.45) is 0 Å². The lowest BCUT2D eigenvalue weighted by Crippen LogP contribution is -2.60. The van der Waals surface area contributed by atoms with Crippen LogP contribution in [0, 0.1) is 3.77 Å². The topological polar surface area (TPSA) is 83.1 Å². The number of para-hydroxylation sites is 1. The minimum Gasteiger partial charge on any atom is -0.445 e. The Kier molecular flexibility index (Phi) is 5.67. The smallest absolute Gasteiger partial charge is 0.325 e. The van der Waals surface area contributed by atoms with E-state index in [1.54, 1.807) is 21.7 Å². The molecule has 0 saturated carbocycles. The van der Waals surface area contributed by atoms with E-state index in [1.165, 1.54) is 18.7 Å². The van der Waals surface area contributed by atoms with E-state index in [4.69, 9.17) is 4.42 Å². The highest BCUT2D eigenvalue weighted by molar-refractivity contribution is 14.1. The lowest BCUT2D eigenvalue weighted by Gasteiger charge is -2.29. The molecule has 29 heavy (non-hydrogen) atoms. The maximum absolute atomic E-state index is 13.0. The second kappa shape index (κ2) is 8.07. The van der Waals surface area contributed by atoms with E-state index in [2.05, 4.69) is 55.2 Å². The molecule has 7 nitrogen and oxygen atoms in total. The largest absolute Gasteiger partial charge is 0.445 e. The summed E-state index contributed by atoms with van der Waals surface area (Å²) in [6.07, 6.45) is 0.998. The molecule has 1 atom stereocenters. The van der Waals surface area contributed by atoms with Crippen LogP contribution in [-0.4, -0.2) is 21.7 Å². The van der Waals surface area contributed by atoms with Crippen LogP contribution in [0.25, 0.3) is 11.3 Å². The van der Waals surface area contributed by atoms with Crippen molar-refractivity contribution in [1.29, 1.82) is 0 Å². The number of H-pyrrole nitrogens is 1. The molecule has 0 bridgehead atoms. The molecule has 10 heteroatoms. The average molecular weight is 586 g/mol. The summed E-state index contributed by atoms with van der Waals surface area (Å²) in [6, 6.07) is 9.08. The molecule has 1 amide bonds. The van der Waals surface area contributed by atoms with Crippen molar-refractivity contribution in [1.82, 2.24) is 10.1 Å². The predicted molar refractivity (Wildman–Crippen MR) is 122 cm³/mol. The van der Waals surface area contributed by atoms with Gasteiger partial charge in [0, 0.05) is 46.4 Å². The van der Waals surface area contributed by atoms with Gasteiger partial charge in [-0.25, -0.2) is 4.90 Å². The highest BCUT2D eigenvalue weighted by Gasteiger charge is 2.46. The van der Waals surface area contributed by atoms with E-state index in [0.717, 1.165) is 4.47 Å². The Hall–Kier alpha value is -1.92. The molecule has 0 radical (unpaired) electrons. The zero-order chi connectivity index (χ0) is 20.7. The van der Waals surface area contributed by atoms with Crippen molar-refractivity contribution < 1.29 is 13.9 Å². The third kappa shape index (κ3) is 3.57. The van der Waals surface area contributed by atoms with E-state index in [9.17, 15) is 9.59 Å². The van der Waals surface area contributed by atoms with E-state index >= 15 is 0 Å². The van der Waals surface area contributed by atoms with Crippen LogP contribution in [0.2, 0.25) is 0 Å². The quantitative estimate of drug-likeness (QED) is 0.217. The molecule has 148 valence electrons. The molecule has 2 aromatic heterocycles. The van der Waals surface area contributed by atoms with Gasteiger partial charge in [0.05, 0.1) is 15.7 Å². The lowest BCUT2D eigenvalue weighted by molar-refractivity contribution is -0.764. The number of carbonyl (C=O) groups is 1. The van der Waals surface area contributed by atoms with Crippen LogP contribution >= 0.6 is 50.3 Å². The third-order valence-corrected chi connectivity index (χ3v) is 7.35. The van der Waals surface area contributed by atoms with Crippen molar-refractivity contribution in [3.63, 3.8) is 0 Å². The Morgan fingerprint density at radius 1 is 1.52 bits per heavy atom. The number of halogens is 2. The number of hydrogen-bond acceptors (Lipinski definition) is 5. The van der Waals surface area contributed by atoms with Gasteiger partial charge < -0.3 is 4.42 Å². The van der Waals surface area contributed by atoms with Crippen molar-refractivity contribution in [2.75, 3.05) is 10.7 Å². The normalized spacial score (nSPS) is 15.0. The first-order chi connectivity index (χ1) is 13.9. The fraction of sp³-hybridized carbons (Fsp3) is 0.158. The second-order valence-electron chi connectivity index (χ2n) is 6.20. The van der Waals surface area contributed by atoms with E-state index < -0.39 is 6.17 Å². The minimum atomic E-state index is -0.734. The zero-order valence-electron chi connectivity index (χ0n) is 15.2. The van der Waals surface area contributed by atoms with Crippen molar-refractivity contribution >= 4 is 61.9 Å². The Morgan fingerprint density at radius 2 is 2.28 bits per heavy atom. The first-order valence-corrected chi connectivity index (χ1v) is 11.4. The summed E-state index contributed by atoms with van der Waals surface area (Å²) in [5, 5.41) is 5.08. The zero-order valence-corrected chi connectivity index (χ0v) is 19.7. The Bertz CT molecular complexity index is 1170. The number of fused-ring (bicyclic) bond motifs is 3. The molecule has 0 saturated heterocycles. The van der Waals surface area contributed by atoms with Crippen molar-refractivity contribution in [3.8, 4) is 11.3 Å². The predicted octanol–water partition coefficient (Wildman–Crippen LogP) is 3.88. The number of furan rings is 1. The van der Waals surface area contributed by atoms with Crippen molar-refractivity contribution in [2.45, 2.75) is 18.2 Å². The highest BCUT2D eigenvalue weighted by Crippen LogP contribution is 2.38. The van der Waals surface area contributed by atoms with Crippen molar-refractivity contribution in [3.05, 3.63) is 67.3 Å². The summed E-state index contributed by atoms with van der Waals surface area (Å²) < 4.78 is 8.90. The fourth-order valence-electron chi connectivity index (χ4n) is 3.26. The van der Waals surface area contributed by atoms with Crippen LogP contribution in [0.4, 0.5) is 5.69 Å². The Morgan fingerprint density at radius 3 is 2.93 bits per heavy atom. The van der Waals surface area contributed by atoms with Crippen LogP contribution in [0.5, 0.6) is 0 Å². The number of nitrogens with one attached hydrogen (secondary N) is 1. The molecule has 0 aliphatic carbocycles.